The van der Waals surface area contributed by atoms with E-state index in [9.17, 15) is 112 Å². The number of H-pyrrole nitrogens is 1. The summed E-state index contributed by atoms with van der Waals surface area (Å²) in [7, 11) is 0. The molecule has 0 aliphatic heterocycles. The normalized spacial score (nSPS) is 14.0. The molecule has 0 radical (unpaired) electrons. The van der Waals surface area contributed by atoms with Crippen LogP contribution in [0.3, 0.4) is 0 Å². The highest BCUT2D eigenvalue weighted by Gasteiger charge is 2.38. The van der Waals surface area contributed by atoms with E-state index in [-0.39, 0.29) is 12.8 Å². The summed E-state index contributed by atoms with van der Waals surface area (Å²) in [5.74, 6) is -23.4. The van der Waals surface area contributed by atoms with Crippen LogP contribution >= 0.6 is 0 Å². The Kier molecular flexibility index (Phi) is 36.4. The molecule has 0 spiro atoms. The first-order valence-corrected chi connectivity index (χ1v) is 34.2. The first kappa shape index (κ1) is 88.5. The van der Waals surface area contributed by atoms with E-state index in [1.165, 1.54) is 42.6 Å². The van der Waals surface area contributed by atoms with Gasteiger partial charge in [-0.05, 0) is 74.1 Å². The third-order valence-corrected chi connectivity index (χ3v) is 16.6. The third kappa shape index (κ3) is 32.6. The molecule has 590 valence electrons. The molecule has 1 aromatic heterocycles. The number of carbonyl (C=O) groups is 19. The van der Waals surface area contributed by atoms with Gasteiger partial charge >= 0.3 is 29.8 Å². The van der Waals surface area contributed by atoms with Crippen molar-refractivity contribution in [3.63, 3.8) is 0 Å². The molecule has 0 saturated heterocycles. The standard InChI is InChI=1S/C69H90N16O24/c70-39(15-23-51(71)86)59(98)76-41(16-24-52(72)87)60(99)78-44(20-28-56(92)93)63(102)83-49(32-36-11-5-2-6-12-36)67(106)80-46(22-30-58(96)97)65(104)85-50(33-37-34-75-40-14-8-7-13-38(37)40)68(107)81-45(21-29-57(94)95)64(103)84-48(31-35-9-3-1-4-10-35)66(105)79-43(19-27-55(90)91)61(100)77-42(17-25-53(73)88)62(101)82-47(69(108)109)18-26-54(74)89/h1-14,34,39,41-50,75H,15-33,70H2,(H2,71,86)(H2,72,87)(H2,73,88)(H2,74,89)(H,76,98)(H,77,100)(H,78,99)(H,79,105)(H,80,106)(H,81,107)(H,82,101)(H,83,102)(H,84,103)(H,85,104)(H,90,91)(H,92,93)(H,94,95)(H,96,97)(H,108,109)/t39-,41+,42+,43-,44-,45-,46-,47-,48+,49+,50+/m0/s1. The van der Waals surface area contributed by atoms with E-state index in [4.69, 9.17) is 28.7 Å². The Labute approximate surface area is 621 Å². The van der Waals surface area contributed by atoms with Crippen LogP contribution < -0.4 is 81.8 Å². The smallest absolute Gasteiger partial charge is 0.326 e. The van der Waals surface area contributed by atoms with Crippen LogP contribution in [0.5, 0.6) is 0 Å². The fourth-order valence-electron chi connectivity index (χ4n) is 10.8. The van der Waals surface area contributed by atoms with Crippen molar-refractivity contribution in [2.24, 2.45) is 28.7 Å². The van der Waals surface area contributed by atoms with E-state index in [2.05, 4.69) is 58.2 Å². The molecule has 109 heavy (non-hydrogen) atoms. The lowest BCUT2D eigenvalue weighted by Gasteiger charge is -2.28. The summed E-state index contributed by atoms with van der Waals surface area (Å²) in [4.78, 5) is 254. The number of hydrogen-bond donors (Lipinski definition) is 21. The van der Waals surface area contributed by atoms with Gasteiger partial charge in [0.1, 0.15) is 60.4 Å². The second kappa shape index (κ2) is 44.8. The summed E-state index contributed by atoms with van der Waals surface area (Å²) in [6.07, 6.45) is -9.99. The number of aromatic nitrogens is 1. The number of para-hydroxylation sites is 1. The van der Waals surface area contributed by atoms with E-state index >= 15 is 4.79 Å². The Hall–Kier alpha value is -12.9. The lowest BCUT2D eigenvalue weighted by atomic mass is 10.0. The highest BCUT2D eigenvalue weighted by Crippen LogP contribution is 2.21. The number of hydrogen-bond acceptors (Lipinski definition) is 20. The molecule has 0 saturated carbocycles. The summed E-state index contributed by atoms with van der Waals surface area (Å²) in [6.45, 7) is 0. The van der Waals surface area contributed by atoms with Crippen molar-refractivity contribution in [2.75, 3.05) is 0 Å². The van der Waals surface area contributed by atoms with E-state index in [0.717, 1.165) is 0 Å². The van der Waals surface area contributed by atoms with E-state index in [0.29, 0.717) is 27.6 Å². The second-order valence-electron chi connectivity index (χ2n) is 25.2. The van der Waals surface area contributed by atoms with Gasteiger partial charge in [0.15, 0.2) is 0 Å². The molecule has 0 unspecified atom stereocenters. The Balaban J connectivity index is 1.76. The van der Waals surface area contributed by atoms with E-state index < -0.39 is 288 Å². The molecular weight excluding hydrogens is 1440 g/mol. The molecule has 26 N–H and O–H groups in total. The molecule has 4 rings (SSSR count). The first-order valence-electron chi connectivity index (χ1n) is 34.2. The van der Waals surface area contributed by atoms with Gasteiger partial charge in [-0.3, -0.25) is 86.3 Å². The molecule has 0 bridgehead atoms. The number of benzene rings is 3. The number of aromatic amines is 1. The maximum absolute atomic E-state index is 15.1. The van der Waals surface area contributed by atoms with Crippen molar-refractivity contribution < 1.29 is 117 Å². The van der Waals surface area contributed by atoms with Crippen LogP contribution in [-0.2, 0) is 110 Å². The SMILES string of the molecule is NC(=O)CC[C@H](NC(=O)[C@@H](CCC(N)=O)NC(=O)[C@H](CCC(=O)O)NC(=O)[C@@H](Cc1ccccc1)NC(=O)[C@H](CCC(=O)O)NC(=O)[C@@H](Cc1c[nH]c2ccccc12)NC(=O)[C@H](CCC(=O)O)NC(=O)[C@@H](Cc1ccccc1)NC(=O)[C@H](CCC(=O)O)NC(=O)[C@@H](CCC(N)=O)NC(=O)[C@@H](N)CCC(N)=O)C(=O)O. The number of carbonyl (C=O) groups excluding carboxylic acids is 14. The van der Waals surface area contributed by atoms with Gasteiger partial charge in [-0.25, -0.2) is 4.79 Å². The van der Waals surface area contributed by atoms with Gasteiger partial charge in [0.25, 0.3) is 0 Å². The molecule has 4 aromatic rings. The van der Waals surface area contributed by atoms with Gasteiger partial charge < -0.3 is 112 Å². The Morgan fingerprint density at radius 3 is 0.853 bits per heavy atom. The number of fused-ring (bicyclic) bond motifs is 1. The number of aliphatic carboxylic acids is 5. The summed E-state index contributed by atoms with van der Waals surface area (Å²) in [6, 6.07) is 2.17. The summed E-state index contributed by atoms with van der Waals surface area (Å²) in [5.41, 5.74) is 28.4. The van der Waals surface area contributed by atoms with Crippen molar-refractivity contribution in [1.29, 1.82) is 0 Å². The molecule has 11 atom stereocenters. The molecule has 14 amide bonds. The highest BCUT2D eigenvalue weighted by molar-refractivity contribution is 6.00. The topological polar surface area (TPSA) is 692 Å². The molecule has 40 nitrogen and oxygen atoms in total. The molecule has 40 heteroatoms. The Morgan fingerprint density at radius 2 is 0.541 bits per heavy atom. The van der Waals surface area contributed by atoms with E-state index in [1.807, 2.05) is 0 Å². The number of primary amides is 4. The van der Waals surface area contributed by atoms with Gasteiger partial charge in [-0.1, -0.05) is 78.9 Å². The molecule has 0 aliphatic carbocycles. The predicted octanol–water partition coefficient (Wildman–Crippen LogP) is -5.02. The number of nitrogens with one attached hydrogen (secondary N) is 11. The summed E-state index contributed by atoms with van der Waals surface area (Å²) < 4.78 is 0. The fourth-order valence-corrected chi connectivity index (χ4v) is 10.8. The largest absolute Gasteiger partial charge is 0.481 e. The predicted molar refractivity (Wildman–Crippen MR) is 378 cm³/mol. The molecule has 1 heterocycles. The van der Waals surface area contributed by atoms with Gasteiger partial charge in [0.2, 0.25) is 82.7 Å². The molecule has 0 aliphatic rings. The second-order valence-corrected chi connectivity index (χ2v) is 25.2. The monoisotopic (exact) mass is 1530 g/mol. The Morgan fingerprint density at radius 1 is 0.294 bits per heavy atom. The zero-order chi connectivity index (χ0) is 81.0. The van der Waals surface area contributed by atoms with Crippen molar-refractivity contribution >= 4 is 123 Å². The molecule has 3 aromatic carbocycles. The van der Waals surface area contributed by atoms with Gasteiger partial charge in [0.05, 0.1) is 6.04 Å². The minimum atomic E-state index is -1.96. The van der Waals surface area contributed by atoms with Crippen LogP contribution in [0, 0.1) is 0 Å². The molecule has 0 fully saturated rings. The number of carboxylic acids is 5. The van der Waals surface area contributed by atoms with Gasteiger partial charge in [-0.2, -0.15) is 0 Å². The quantitative estimate of drug-likeness (QED) is 0.0197. The van der Waals surface area contributed by atoms with Crippen LogP contribution in [-0.4, -0.2) is 210 Å². The van der Waals surface area contributed by atoms with Crippen LogP contribution in [0.4, 0.5) is 0 Å². The van der Waals surface area contributed by atoms with Crippen LogP contribution in [0.15, 0.2) is 91.1 Å². The van der Waals surface area contributed by atoms with Crippen molar-refractivity contribution in [2.45, 2.75) is 188 Å². The van der Waals surface area contributed by atoms with Crippen molar-refractivity contribution in [3.8, 4) is 0 Å². The number of amides is 14. The number of carboxylic acid groups (broad SMARTS) is 5. The maximum atomic E-state index is 15.1. The average molecular weight is 1530 g/mol. The summed E-state index contributed by atoms with van der Waals surface area (Å²) >= 11 is 0. The molecular formula is C69H90N16O24. The maximum Gasteiger partial charge on any atom is 0.326 e. The minimum Gasteiger partial charge on any atom is -0.481 e. The highest BCUT2D eigenvalue weighted by atomic mass is 16.4. The number of rotatable bonds is 51. The van der Waals surface area contributed by atoms with Gasteiger partial charge in [0, 0.05) is 87.7 Å². The Bertz CT molecular complexity index is 3950. The van der Waals surface area contributed by atoms with Crippen LogP contribution in [0.2, 0.25) is 0 Å². The average Bonchev–Trinajstić information content (AvgIpc) is 1.77. The first-order chi connectivity index (χ1) is 51.5. The third-order valence-electron chi connectivity index (χ3n) is 16.6. The van der Waals surface area contributed by atoms with Crippen molar-refractivity contribution in [3.05, 3.63) is 108 Å². The van der Waals surface area contributed by atoms with Crippen molar-refractivity contribution in [1.82, 2.24) is 58.2 Å². The summed E-state index contributed by atoms with van der Waals surface area (Å²) in [5, 5.41) is 73.0. The zero-order valence-electron chi connectivity index (χ0n) is 58.8. The lowest BCUT2D eigenvalue weighted by Crippen LogP contribution is -2.61. The van der Waals surface area contributed by atoms with Gasteiger partial charge in [-0.15, -0.1) is 0 Å². The fraction of sp³-hybridized carbons (Fsp3) is 0.435. The minimum absolute atomic E-state index is 0.275. The van der Waals surface area contributed by atoms with E-state index in [1.54, 1.807) is 48.5 Å². The number of nitrogens with two attached hydrogens (primary N) is 5. The lowest BCUT2D eigenvalue weighted by molar-refractivity contribution is -0.143. The zero-order valence-corrected chi connectivity index (χ0v) is 58.8. The van der Waals surface area contributed by atoms with Crippen LogP contribution in [0.25, 0.3) is 10.9 Å². The van der Waals surface area contributed by atoms with Crippen LogP contribution in [0.1, 0.15) is 119 Å².